The Morgan fingerprint density at radius 1 is 1.44 bits per heavy atom. The molecule has 0 aromatic rings. The molecule has 102 valence electrons. The maximum Gasteiger partial charge on any atom is 0.329 e. The summed E-state index contributed by atoms with van der Waals surface area (Å²) in [4.78, 5) is 24.5. The molecule has 2 N–H and O–H groups in total. The molecule has 0 aliphatic heterocycles. The van der Waals surface area contributed by atoms with Crippen molar-refractivity contribution in [1.82, 2.24) is 10.2 Å². The SMILES string of the molecule is CCC(CC)(NC(=O)N(C)C(C)CC#N)C(=O)O. The standard InChI is InChI=1S/C12H21N3O3/c1-5-12(6-2,10(16)17)14-11(18)15(4)9(3)7-8-13/h9H,5-7H2,1-4H3,(H,14,18)(H,16,17). The summed E-state index contributed by atoms with van der Waals surface area (Å²) in [6.07, 6.45) is 0.832. The molecule has 0 rings (SSSR count). The van der Waals surface area contributed by atoms with Crippen LogP contribution in [0.3, 0.4) is 0 Å². The third-order valence-electron chi connectivity index (χ3n) is 3.33. The van der Waals surface area contributed by atoms with E-state index in [-0.39, 0.29) is 12.5 Å². The van der Waals surface area contributed by atoms with Gasteiger partial charge in [-0.1, -0.05) is 13.8 Å². The number of nitrogens with one attached hydrogen (secondary N) is 1. The van der Waals surface area contributed by atoms with Gasteiger partial charge in [-0.2, -0.15) is 5.26 Å². The number of aliphatic carboxylic acids is 1. The summed E-state index contributed by atoms with van der Waals surface area (Å²) in [5.74, 6) is -1.04. The van der Waals surface area contributed by atoms with Gasteiger partial charge in [-0.25, -0.2) is 9.59 Å². The minimum absolute atomic E-state index is 0.211. The molecule has 6 nitrogen and oxygen atoms in total. The van der Waals surface area contributed by atoms with E-state index in [2.05, 4.69) is 5.32 Å². The normalized spacial score (nSPS) is 12.4. The highest BCUT2D eigenvalue weighted by molar-refractivity contribution is 5.86. The van der Waals surface area contributed by atoms with Crippen molar-refractivity contribution in [2.24, 2.45) is 0 Å². The molecule has 0 aliphatic carbocycles. The van der Waals surface area contributed by atoms with E-state index in [1.807, 2.05) is 6.07 Å². The molecule has 0 bridgehead atoms. The van der Waals surface area contributed by atoms with Crippen molar-refractivity contribution in [1.29, 1.82) is 5.26 Å². The van der Waals surface area contributed by atoms with Gasteiger partial charge in [0.2, 0.25) is 0 Å². The number of nitrogens with zero attached hydrogens (tertiary/aromatic N) is 2. The Bertz CT molecular complexity index is 345. The van der Waals surface area contributed by atoms with Crippen LogP contribution in [0.25, 0.3) is 0 Å². The van der Waals surface area contributed by atoms with Crippen LogP contribution in [0.2, 0.25) is 0 Å². The van der Waals surface area contributed by atoms with E-state index in [1.165, 1.54) is 4.90 Å². The van der Waals surface area contributed by atoms with Crippen molar-refractivity contribution in [3.05, 3.63) is 0 Å². The smallest absolute Gasteiger partial charge is 0.329 e. The van der Waals surface area contributed by atoms with Crippen molar-refractivity contribution >= 4 is 12.0 Å². The van der Waals surface area contributed by atoms with Crippen molar-refractivity contribution < 1.29 is 14.7 Å². The highest BCUT2D eigenvalue weighted by Crippen LogP contribution is 2.16. The van der Waals surface area contributed by atoms with Crippen LogP contribution < -0.4 is 5.32 Å². The van der Waals surface area contributed by atoms with Gasteiger partial charge in [0, 0.05) is 13.1 Å². The number of urea groups is 1. The number of carboxylic acids is 1. The third-order valence-corrected chi connectivity index (χ3v) is 3.33. The Labute approximate surface area is 108 Å². The lowest BCUT2D eigenvalue weighted by molar-refractivity contribution is -0.144. The molecule has 0 fully saturated rings. The molecule has 0 aliphatic rings. The fourth-order valence-electron chi connectivity index (χ4n) is 1.54. The highest BCUT2D eigenvalue weighted by Gasteiger charge is 2.37. The van der Waals surface area contributed by atoms with Crippen LogP contribution in [-0.2, 0) is 4.79 Å². The number of nitriles is 1. The highest BCUT2D eigenvalue weighted by atomic mass is 16.4. The molecule has 6 heteroatoms. The average molecular weight is 255 g/mol. The molecule has 2 amide bonds. The Kier molecular flexibility index (Phi) is 6.17. The van der Waals surface area contributed by atoms with Crippen LogP contribution in [0.1, 0.15) is 40.0 Å². The topological polar surface area (TPSA) is 93.4 Å². The van der Waals surface area contributed by atoms with Gasteiger partial charge in [-0.05, 0) is 19.8 Å². The van der Waals surface area contributed by atoms with Crippen molar-refractivity contribution in [3.8, 4) is 6.07 Å². The van der Waals surface area contributed by atoms with Crippen LogP contribution in [0.5, 0.6) is 0 Å². The molecule has 0 aromatic heterocycles. The fourth-order valence-corrected chi connectivity index (χ4v) is 1.54. The number of hydrogen-bond donors (Lipinski definition) is 2. The lowest BCUT2D eigenvalue weighted by Gasteiger charge is -2.32. The fraction of sp³-hybridized carbons (Fsp3) is 0.750. The van der Waals surface area contributed by atoms with Gasteiger partial charge in [-0.3, -0.25) is 0 Å². The van der Waals surface area contributed by atoms with E-state index in [0.717, 1.165) is 0 Å². The summed E-state index contributed by atoms with van der Waals surface area (Å²) in [5, 5.41) is 20.3. The third kappa shape index (κ3) is 3.62. The van der Waals surface area contributed by atoms with E-state index in [9.17, 15) is 14.7 Å². The number of hydrogen-bond acceptors (Lipinski definition) is 3. The van der Waals surface area contributed by atoms with Gasteiger partial charge in [0.05, 0.1) is 12.5 Å². The van der Waals surface area contributed by atoms with Crippen LogP contribution in [-0.4, -0.2) is 40.6 Å². The minimum Gasteiger partial charge on any atom is -0.480 e. The predicted molar refractivity (Wildman–Crippen MR) is 66.9 cm³/mol. The van der Waals surface area contributed by atoms with E-state index in [0.29, 0.717) is 12.8 Å². The lowest BCUT2D eigenvalue weighted by atomic mass is 9.93. The summed E-state index contributed by atoms with van der Waals surface area (Å²) in [5.41, 5.74) is -1.24. The molecule has 0 spiro atoms. The van der Waals surface area contributed by atoms with Crippen LogP contribution in [0, 0.1) is 11.3 Å². The largest absolute Gasteiger partial charge is 0.480 e. The summed E-state index contributed by atoms with van der Waals surface area (Å²) in [6, 6.07) is 1.26. The van der Waals surface area contributed by atoms with Gasteiger partial charge in [0.25, 0.3) is 0 Å². The minimum atomic E-state index is -1.24. The summed E-state index contributed by atoms with van der Waals surface area (Å²) < 4.78 is 0. The van der Waals surface area contributed by atoms with Gasteiger partial charge < -0.3 is 15.3 Å². The second-order valence-corrected chi connectivity index (χ2v) is 4.35. The van der Waals surface area contributed by atoms with Crippen molar-refractivity contribution in [2.45, 2.75) is 51.6 Å². The molecule has 1 unspecified atom stereocenters. The molecular formula is C12H21N3O3. The number of carboxylic acid groups (broad SMARTS) is 1. The van der Waals surface area contributed by atoms with Crippen molar-refractivity contribution in [3.63, 3.8) is 0 Å². The quantitative estimate of drug-likeness (QED) is 0.753. The molecule has 0 heterocycles. The summed E-state index contributed by atoms with van der Waals surface area (Å²) in [7, 11) is 1.55. The summed E-state index contributed by atoms with van der Waals surface area (Å²) in [6.45, 7) is 5.18. The van der Waals surface area contributed by atoms with E-state index in [1.54, 1.807) is 27.8 Å². The Balaban J connectivity index is 4.82. The maximum absolute atomic E-state index is 11.9. The first-order chi connectivity index (χ1) is 8.34. The first-order valence-corrected chi connectivity index (χ1v) is 5.99. The molecule has 0 saturated heterocycles. The maximum atomic E-state index is 11.9. The zero-order valence-corrected chi connectivity index (χ0v) is 11.4. The van der Waals surface area contributed by atoms with Gasteiger partial charge in [0.1, 0.15) is 5.54 Å². The Morgan fingerprint density at radius 3 is 2.28 bits per heavy atom. The number of carbonyl (C=O) groups excluding carboxylic acids is 1. The van der Waals surface area contributed by atoms with E-state index < -0.39 is 17.5 Å². The second kappa shape index (κ2) is 6.84. The van der Waals surface area contributed by atoms with Crippen molar-refractivity contribution in [2.75, 3.05) is 7.05 Å². The average Bonchev–Trinajstić information content (AvgIpc) is 2.34. The molecule has 1 atom stereocenters. The Morgan fingerprint density at radius 2 is 1.94 bits per heavy atom. The molecule has 18 heavy (non-hydrogen) atoms. The zero-order chi connectivity index (χ0) is 14.3. The number of rotatable bonds is 6. The van der Waals surface area contributed by atoms with Crippen LogP contribution in [0.4, 0.5) is 4.79 Å². The molecule has 0 saturated carbocycles. The van der Waals surface area contributed by atoms with Crippen LogP contribution >= 0.6 is 0 Å². The van der Waals surface area contributed by atoms with Gasteiger partial charge in [-0.15, -0.1) is 0 Å². The van der Waals surface area contributed by atoms with Crippen LogP contribution in [0.15, 0.2) is 0 Å². The molecule has 0 radical (unpaired) electrons. The first-order valence-electron chi connectivity index (χ1n) is 5.99. The second-order valence-electron chi connectivity index (χ2n) is 4.35. The zero-order valence-electron chi connectivity index (χ0n) is 11.4. The number of amides is 2. The van der Waals surface area contributed by atoms with E-state index >= 15 is 0 Å². The van der Waals surface area contributed by atoms with Gasteiger partial charge >= 0.3 is 12.0 Å². The van der Waals surface area contributed by atoms with Gasteiger partial charge in [0.15, 0.2) is 0 Å². The monoisotopic (exact) mass is 255 g/mol. The molecular weight excluding hydrogens is 234 g/mol. The predicted octanol–water partition coefficient (Wildman–Crippen LogP) is 1.57. The van der Waals surface area contributed by atoms with E-state index in [4.69, 9.17) is 5.26 Å². The Hall–Kier alpha value is -1.77. The lowest BCUT2D eigenvalue weighted by Crippen LogP contribution is -2.57. The first kappa shape index (κ1) is 16.2. The number of carbonyl (C=O) groups is 2. The summed E-state index contributed by atoms with van der Waals surface area (Å²) >= 11 is 0. The molecule has 0 aromatic carbocycles.